The molecule has 17 heavy (non-hydrogen) atoms. The summed E-state index contributed by atoms with van der Waals surface area (Å²) < 4.78 is 13.7. The molecular formula is C12H7ClFNO2. The number of aromatic carboxylic acids is 1. The smallest absolute Gasteiger partial charge is 0.337 e. The first-order chi connectivity index (χ1) is 8.09. The second-order valence-electron chi connectivity index (χ2n) is 3.36. The lowest BCUT2D eigenvalue weighted by Crippen LogP contribution is -1.99. The maximum atomic E-state index is 13.7. The van der Waals surface area contributed by atoms with Crippen molar-refractivity contribution < 1.29 is 14.3 Å². The van der Waals surface area contributed by atoms with Gasteiger partial charge in [0.05, 0.1) is 10.6 Å². The molecule has 2 aromatic rings. The van der Waals surface area contributed by atoms with Gasteiger partial charge in [0.15, 0.2) is 0 Å². The maximum absolute atomic E-state index is 13.7. The molecule has 2 rings (SSSR count). The number of hydrogen-bond donors (Lipinski definition) is 1. The van der Waals surface area contributed by atoms with Gasteiger partial charge in [0.25, 0.3) is 0 Å². The average Bonchev–Trinajstić information content (AvgIpc) is 2.32. The van der Waals surface area contributed by atoms with Crippen molar-refractivity contribution in [3.05, 3.63) is 53.1 Å². The molecule has 0 spiro atoms. The van der Waals surface area contributed by atoms with Crippen LogP contribution in [0.4, 0.5) is 4.39 Å². The molecule has 1 heterocycles. The van der Waals surface area contributed by atoms with Crippen LogP contribution in [0.2, 0.25) is 5.02 Å². The first-order valence-electron chi connectivity index (χ1n) is 4.72. The van der Waals surface area contributed by atoms with Crippen LogP contribution in [0.5, 0.6) is 0 Å². The molecule has 0 saturated carbocycles. The van der Waals surface area contributed by atoms with E-state index in [0.717, 1.165) is 6.07 Å². The molecule has 0 aliphatic rings. The number of benzene rings is 1. The average molecular weight is 252 g/mol. The Balaban J connectivity index is 2.58. The third kappa shape index (κ3) is 2.26. The van der Waals surface area contributed by atoms with Gasteiger partial charge in [-0.1, -0.05) is 17.7 Å². The minimum atomic E-state index is -1.26. The zero-order valence-electron chi connectivity index (χ0n) is 8.52. The predicted octanol–water partition coefficient (Wildman–Crippen LogP) is 3.24. The molecular weight excluding hydrogens is 245 g/mol. The Morgan fingerprint density at radius 2 is 2.18 bits per heavy atom. The quantitative estimate of drug-likeness (QED) is 0.891. The normalized spacial score (nSPS) is 10.2. The van der Waals surface area contributed by atoms with Crippen molar-refractivity contribution in [2.24, 2.45) is 0 Å². The lowest BCUT2D eigenvalue weighted by atomic mass is 10.0. The van der Waals surface area contributed by atoms with E-state index in [9.17, 15) is 9.18 Å². The summed E-state index contributed by atoms with van der Waals surface area (Å²) in [7, 11) is 0. The molecule has 0 saturated heterocycles. The standard InChI is InChI=1S/C12H7ClFNO2/c13-10-4-8(7-2-1-3-15-6-7)11(14)5-9(10)12(16)17/h1-6H,(H,16,17). The highest BCUT2D eigenvalue weighted by molar-refractivity contribution is 6.33. The van der Waals surface area contributed by atoms with E-state index in [-0.39, 0.29) is 16.1 Å². The monoisotopic (exact) mass is 251 g/mol. The van der Waals surface area contributed by atoms with Gasteiger partial charge in [-0.05, 0) is 18.2 Å². The second-order valence-corrected chi connectivity index (χ2v) is 3.77. The number of aromatic nitrogens is 1. The Morgan fingerprint density at radius 1 is 1.41 bits per heavy atom. The molecule has 1 aromatic heterocycles. The van der Waals surface area contributed by atoms with Gasteiger partial charge < -0.3 is 5.11 Å². The van der Waals surface area contributed by atoms with Gasteiger partial charge in [-0.15, -0.1) is 0 Å². The van der Waals surface area contributed by atoms with E-state index in [1.165, 1.54) is 12.3 Å². The summed E-state index contributed by atoms with van der Waals surface area (Å²) in [4.78, 5) is 14.6. The van der Waals surface area contributed by atoms with Crippen molar-refractivity contribution in [3.63, 3.8) is 0 Å². The minimum absolute atomic E-state index is 0.00208. The molecule has 0 radical (unpaired) electrons. The molecule has 0 bridgehead atoms. The van der Waals surface area contributed by atoms with E-state index < -0.39 is 11.8 Å². The Hall–Kier alpha value is -1.94. The minimum Gasteiger partial charge on any atom is -0.478 e. The van der Waals surface area contributed by atoms with Crippen LogP contribution in [0.25, 0.3) is 11.1 Å². The molecule has 86 valence electrons. The van der Waals surface area contributed by atoms with Crippen LogP contribution < -0.4 is 0 Å². The van der Waals surface area contributed by atoms with Crippen LogP contribution in [0, 0.1) is 5.82 Å². The topological polar surface area (TPSA) is 50.2 Å². The molecule has 5 heteroatoms. The molecule has 1 N–H and O–H groups in total. The fourth-order valence-corrected chi connectivity index (χ4v) is 1.70. The summed E-state index contributed by atoms with van der Waals surface area (Å²) in [5, 5.41) is 8.79. The van der Waals surface area contributed by atoms with Crippen molar-refractivity contribution in [2.45, 2.75) is 0 Å². The van der Waals surface area contributed by atoms with Crippen LogP contribution in [-0.2, 0) is 0 Å². The SMILES string of the molecule is O=C(O)c1cc(F)c(-c2cccnc2)cc1Cl. The van der Waals surface area contributed by atoms with E-state index in [1.54, 1.807) is 18.3 Å². The first kappa shape index (κ1) is 11.5. The highest BCUT2D eigenvalue weighted by atomic mass is 35.5. The molecule has 0 aliphatic heterocycles. The zero-order chi connectivity index (χ0) is 12.4. The van der Waals surface area contributed by atoms with Crippen molar-refractivity contribution in [2.75, 3.05) is 0 Å². The van der Waals surface area contributed by atoms with Gasteiger partial charge in [0.1, 0.15) is 5.82 Å². The van der Waals surface area contributed by atoms with Crippen LogP contribution in [0.3, 0.4) is 0 Å². The summed E-state index contributed by atoms with van der Waals surface area (Å²) in [6.45, 7) is 0. The highest BCUT2D eigenvalue weighted by Crippen LogP contribution is 2.28. The predicted molar refractivity (Wildman–Crippen MR) is 61.6 cm³/mol. The molecule has 1 aromatic carbocycles. The van der Waals surface area contributed by atoms with E-state index in [0.29, 0.717) is 5.56 Å². The van der Waals surface area contributed by atoms with Crippen LogP contribution in [0.15, 0.2) is 36.7 Å². The van der Waals surface area contributed by atoms with Crippen molar-refractivity contribution >= 4 is 17.6 Å². The number of rotatable bonds is 2. The van der Waals surface area contributed by atoms with E-state index in [2.05, 4.69) is 4.98 Å². The van der Waals surface area contributed by atoms with E-state index in [4.69, 9.17) is 16.7 Å². The fourth-order valence-electron chi connectivity index (χ4n) is 1.45. The number of hydrogen-bond acceptors (Lipinski definition) is 2. The molecule has 3 nitrogen and oxygen atoms in total. The summed E-state index contributed by atoms with van der Waals surface area (Å²) in [6, 6.07) is 5.53. The molecule has 0 amide bonds. The van der Waals surface area contributed by atoms with Gasteiger partial charge in [-0.2, -0.15) is 0 Å². The van der Waals surface area contributed by atoms with Crippen LogP contribution >= 0.6 is 11.6 Å². The summed E-state index contributed by atoms with van der Waals surface area (Å²) >= 11 is 5.78. The van der Waals surface area contributed by atoms with Gasteiger partial charge in [-0.25, -0.2) is 9.18 Å². The number of halogens is 2. The highest BCUT2D eigenvalue weighted by Gasteiger charge is 2.14. The van der Waals surface area contributed by atoms with E-state index >= 15 is 0 Å². The fraction of sp³-hybridized carbons (Fsp3) is 0. The summed E-state index contributed by atoms with van der Waals surface area (Å²) in [6.07, 6.45) is 3.05. The van der Waals surface area contributed by atoms with E-state index in [1.807, 2.05) is 0 Å². The summed E-state index contributed by atoms with van der Waals surface area (Å²) in [5.41, 5.74) is 0.522. The largest absolute Gasteiger partial charge is 0.478 e. The number of carboxylic acid groups (broad SMARTS) is 1. The lowest BCUT2D eigenvalue weighted by Gasteiger charge is -2.06. The Morgan fingerprint density at radius 3 is 2.76 bits per heavy atom. The third-order valence-electron chi connectivity index (χ3n) is 2.26. The Bertz CT molecular complexity index is 572. The van der Waals surface area contributed by atoms with Crippen LogP contribution in [-0.4, -0.2) is 16.1 Å². The van der Waals surface area contributed by atoms with Gasteiger partial charge in [0.2, 0.25) is 0 Å². The van der Waals surface area contributed by atoms with Crippen molar-refractivity contribution in [1.82, 2.24) is 4.98 Å². The molecule has 0 atom stereocenters. The Kier molecular flexibility index (Phi) is 3.06. The van der Waals surface area contributed by atoms with Crippen LogP contribution in [0.1, 0.15) is 10.4 Å². The zero-order valence-corrected chi connectivity index (χ0v) is 9.28. The van der Waals surface area contributed by atoms with Gasteiger partial charge in [-0.3, -0.25) is 4.98 Å². The van der Waals surface area contributed by atoms with Crippen molar-refractivity contribution in [3.8, 4) is 11.1 Å². The number of nitrogens with zero attached hydrogens (tertiary/aromatic N) is 1. The molecule has 0 unspecified atom stereocenters. The van der Waals surface area contributed by atoms with Gasteiger partial charge in [0, 0.05) is 23.5 Å². The Labute approximate surface area is 101 Å². The van der Waals surface area contributed by atoms with Crippen molar-refractivity contribution in [1.29, 1.82) is 0 Å². The maximum Gasteiger partial charge on any atom is 0.337 e. The second kappa shape index (κ2) is 4.51. The number of carboxylic acids is 1. The van der Waals surface area contributed by atoms with Gasteiger partial charge >= 0.3 is 5.97 Å². The number of carbonyl (C=O) groups is 1. The lowest BCUT2D eigenvalue weighted by molar-refractivity contribution is 0.0696. The number of pyridine rings is 1. The molecule has 0 aliphatic carbocycles. The first-order valence-corrected chi connectivity index (χ1v) is 5.10. The third-order valence-corrected chi connectivity index (χ3v) is 2.57. The summed E-state index contributed by atoms with van der Waals surface area (Å²) in [5.74, 6) is -1.90. The molecule has 0 fully saturated rings.